The highest BCUT2D eigenvalue weighted by atomic mass is 16.5. The molecule has 0 aliphatic carbocycles. The van der Waals surface area contributed by atoms with Crippen molar-refractivity contribution in [2.45, 2.75) is 19.5 Å². The van der Waals surface area contributed by atoms with Gasteiger partial charge in [0.05, 0.1) is 11.6 Å². The lowest BCUT2D eigenvalue weighted by Gasteiger charge is -2.29. The normalized spacial score (nSPS) is 15.9. The van der Waals surface area contributed by atoms with Gasteiger partial charge in [-0.2, -0.15) is 0 Å². The van der Waals surface area contributed by atoms with Crippen LogP contribution in [0.15, 0.2) is 65.9 Å². The summed E-state index contributed by atoms with van der Waals surface area (Å²) in [5.41, 5.74) is 7.46. The third kappa shape index (κ3) is 4.92. The first-order valence-electron chi connectivity index (χ1n) is 9.06. The number of primary amides is 1. The Bertz CT molecular complexity index is 956. The lowest BCUT2D eigenvalue weighted by molar-refractivity contribution is -0.120. The molecule has 1 aliphatic rings. The van der Waals surface area contributed by atoms with Gasteiger partial charge >= 0.3 is 6.03 Å². The van der Waals surface area contributed by atoms with Crippen LogP contribution in [0.4, 0.5) is 4.79 Å². The van der Waals surface area contributed by atoms with Crippen molar-refractivity contribution in [2.75, 3.05) is 6.61 Å². The molecule has 4 amide bonds. The number of urea groups is 1. The van der Waals surface area contributed by atoms with Gasteiger partial charge in [0.1, 0.15) is 5.75 Å². The molecule has 0 fully saturated rings. The number of benzene rings is 2. The molecule has 1 heterocycles. The van der Waals surface area contributed by atoms with E-state index < -0.39 is 18.0 Å². The van der Waals surface area contributed by atoms with Gasteiger partial charge < -0.3 is 26.4 Å². The standard InChI is InChI=1S/C21H22N4O4/c1-13-18(20(27)23-11-14-7-3-2-4-8-14)19(25-21(28)24-13)15-9-5-6-10-16(15)29-12-17(22)26/h2-10,19H,11-12H2,1H3,(H2,22,26)(H,23,27)(H2,24,25,28)/t19-/m1/s1. The van der Waals surface area contributed by atoms with Crippen LogP contribution in [0.2, 0.25) is 0 Å². The number of carbonyl (C=O) groups is 3. The van der Waals surface area contributed by atoms with Gasteiger partial charge in [0.2, 0.25) is 0 Å². The monoisotopic (exact) mass is 394 g/mol. The predicted octanol–water partition coefficient (Wildman–Crippen LogP) is 1.49. The number of rotatable bonds is 7. The molecule has 0 saturated heterocycles. The van der Waals surface area contributed by atoms with Crippen molar-refractivity contribution >= 4 is 17.8 Å². The average Bonchev–Trinajstić information content (AvgIpc) is 2.71. The minimum absolute atomic E-state index is 0.311. The highest BCUT2D eigenvalue weighted by Gasteiger charge is 2.32. The van der Waals surface area contributed by atoms with Crippen molar-refractivity contribution < 1.29 is 19.1 Å². The summed E-state index contributed by atoms with van der Waals surface area (Å²) in [6.45, 7) is 1.70. The van der Waals surface area contributed by atoms with Crippen LogP contribution in [-0.2, 0) is 16.1 Å². The highest BCUT2D eigenvalue weighted by molar-refractivity contribution is 5.98. The largest absolute Gasteiger partial charge is 0.483 e. The van der Waals surface area contributed by atoms with E-state index in [1.165, 1.54) is 0 Å². The average molecular weight is 394 g/mol. The zero-order chi connectivity index (χ0) is 20.8. The van der Waals surface area contributed by atoms with E-state index >= 15 is 0 Å². The van der Waals surface area contributed by atoms with Gasteiger partial charge in [-0.3, -0.25) is 9.59 Å². The summed E-state index contributed by atoms with van der Waals surface area (Å²) >= 11 is 0. The molecule has 0 radical (unpaired) electrons. The number of ether oxygens (including phenoxy) is 1. The molecular weight excluding hydrogens is 372 g/mol. The van der Waals surface area contributed by atoms with Crippen LogP contribution in [0.3, 0.4) is 0 Å². The summed E-state index contributed by atoms with van der Waals surface area (Å²) in [6.07, 6.45) is 0. The van der Waals surface area contributed by atoms with Crippen LogP contribution < -0.4 is 26.4 Å². The second-order valence-corrected chi connectivity index (χ2v) is 6.53. The molecule has 1 atom stereocenters. The third-order valence-electron chi connectivity index (χ3n) is 4.41. The Morgan fingerprint density at radius 3 is 2.52 bits per heavy atom. The SMILES string of the molecule is CC1=C(C(=O)NCc2ccccc2)[C@@H](c2ccccc2OCC(N)=O)NC(=O)N1. The van der Waals surface area contributed by atoms with Crippen molar-refractivity contribution in [1.82, 2.24) is 16.0 Å². The quantitative estimate of drug-likeness (QED) is 0.568. The maximum Gasteiger partial charge on any atom is 0.319 e. The summed E-state index contributed by atoms with van der Waals surface area (Å²) in [4.78, 5) is 36.2. The molecule has 0 bridgehead atoms. The van der Waals surface area contributed by atoms with Gasteiger partial charge in [0, 0.05) is 17.8 Å². The molecule has 0 aromatic heterocycles. The fourth-order valence-corrected chi connectivity index (χ4v) is 3.10. The summed E-state index contributed by atoms with van der Waals surface area (Å²) in [5.74, 6) is -0.588. The van der Waals surface area contributed by atoms with Crippen molar-refractivity contribution in [3.05, 3.63) is 77.0 Å². The zero-order valence-electron chi connectivity index (χ0n) is 15.9. The Balaban J connectivity index is 1.88. The summed E-state index contributed by atoms with van der Waals surface area (Å²) in [6, 6.07) is 15.2. The molecule has 0 spiro atoms. The molecule has 0 saturated carbocycles. The van der Waals surface area contributed by atoms with E-state index in [4.69, 9.17) is 10.5 Å². The van der Waals surface area contributed by atoms with Crippen molar-refractivity contribution in [1.29, 1.82) is 0 Å². The van der Waals surface area contributed by atoms with E-state index in [9.17, 15) is 14.4 Å². The summed E-state index contributed by atoms with van der Waals surface area (Å²) in [7, 11) is 0. The van der Waals surface area contributed by atoms with Crippen LogP contribution in [-0.4, -0.2) is 24.5 Å². The van der Waals surface area contributed by atoms with Gasteiger partial charge in [-0.05, 0) is 18.6 Å². The number of para-hydroxylation sites is 1. The summed E-state index contributed by atoms with van der Waals surface area (Å²) in [5, 5.41) is 8.27. The van der Waals surface area contributed by atoms with E-state index in [2.05, 4.69) is 16.0 Å². The van der Waals surface area contributed by atoms with Gasteiger partial charge in [-0.25, -0.2) is 4.79 Å². The maximum atomic E-state index is 13.0. The smallest absolute Gasteiger partial charge is 0.319 e. The second-order valence-electron chi connectivity index (χ2n) is 6.53. The van der Waals surface area contributed by atoms with Crippen molar-refractivity contribution in [3.8, 4) is 5.75 Å². The fourth-order valence-electron chi connectivity index (χ4n) is 3.10. The van der Waals surface area contributed by atoms with E-state index in [0.29, 0.717) is 29.1 Å². The van der Waals surface area contributed by atoms with E-state index in [1.807, 2.05) is 30.3 Å². The molecule has 2 aromatic carbocycles. The van der Waals surface area contributed by atoms with Gasteiger partial charge in [0.25, 0.3) is 11.8 Å². The highest BCUT2D eigenvalue weighted by Crippen LogP contribution is 2.33. The van der Waals surface area contributed by atoms with Crippen LogP contribution in [0, 0.1) is 0 Å². The molecule has 150 valence electrons. The molecule has 5 N–H and O–H groups in total. The Labute approximate surface area is 168 Å². The van der Waals surface area contributed by atoms with Crippen LogP contribution >= 0.6 is 0 Å². The first-order chi connectivity index (χ1) is 14.0. The third-order valence-corrected chi connectivity index (χ3v) is 4.41. The molecule has 29 heavy (non-hydrogen) atoms. The molecule has 8 nitrogen and oxygen atoms in total. The number of hydrogen-bond donors (Lipinski definition) is 4. The van der Waals surface area contributed by atoms with E-state index in [-0.39, 0.29) is 12.5 Å². The molecule has 1 aliphatic heterocycles. The summed E-state index contributed by atoms with van der Waals surface area (Å²) < 4.78 is 5.48. The predicted molar refractivity (Wildman–Crippen MR) is 107 cm³/mol. The second kappa shape index (κ2) is 8.92. The van der Waals surface area contributed by atoms with Crippen molar-refractivity contribution in [2.24, 2.45) is 5.73 Å². The van der Waals surface area contributed by atoms with Gasteiger partial charge in [-0.15, -0.1) is 0 Å². The fraction of sp³-hybridized carbons (Fsp3) is 0.190. The zero-order valence-corrected chi connectivity index (χ0v) is 15.9. The topological polar surface area (TPSA) is 123 Å². The first kappa shape index (κ1) is 19.9. The molecular formula is C21H22N4O4. The Hall–Kier alpha value is -3.81. The number of amides is 4. The molecule has 3 rings (SSSR count). The number of nitrogens with one attached hydrogen (secondary N) is 3. The Kier molecular flexibility index (Phi) is 6.13. The van der Waals surface area contributed by atoms with Crippen LogP contribution in [0.25, 0.3) is 0 Å². The minimum Gasteiger partial charge on any atom is -0.483 e. The number of allylic oxidation sites excluding steroid dienone is 1. The molecule has 8 heteroatoms. The van der Waals surface area contributed by atoms with E-state index in [0.717, 1.165) is 5.56 Å². The first-order valence-corrected chi connectivity index (χ1v) is 9.06. The number of hydrogen-bond acceptors (Lipinski definition) is 4. The lowest BCUT2D eigenvalue weighted by atomic mass is 9.94. The lowest BCUT2D eigenvalue weighted by Crippen LogP contribution is -2.47. The van der Waals surface area contributed by atoms with Crippen LogP contribution in [0.5, 0.6) is 5.75 Å². The Morgan fingerprint density at radius 2 is 1.79 bits per heavy atom. The molecule has 2 aromatic rings. The maximum absolute atomic E-state index is 13.0. The minimum atomic E-state index is -0.747. The number of nitrogens with two attached hydrogens (primary N) is 1. The Morgan fingerprint density at radius 1 is 1.10 bits per heavy atom. The van der Waals surface area contributed by atoms with Crippen LogP contribution in [0.1, 0.15) is 24.1 Å². The number of carbonyl (C=O) groups excluding carboxylic acids is 3. The molecule has 0 unspecified atom stereocenters. The van der Waals surface area contributed by atoms with Crippen molar-refractivity contribution in [3.63, 3.8) is 0 Å². The van der Waals surface area contributed by atoms with Gasteiger partial charge in [-0.1, -0.05) is 48.5 Å². The van der Waals surface area contributed by atoms with E-state index in [1.54, 1.807) is 31.2 Å². The van der Waals surface area contributed by atoms with Gasteiger partial charge in [0.15, 0.2) is 6.61 Å².